The summed E-state index contributed by atoms with van der Waals surface area (Å²) in [5.41, 5.74) is 7.41. The predicted octanol–water partition coefficient (Wildman–Crippen LogP) is 1.68. The molecule has 0 aliphatic rings. The van der Waals surface area contributed by atoms with Crippen LogP contribution < -0.4 is 5.73 Å². The second-order valence-electron chi connectivity index (χ2n) is 4.28. The van der Waals surface area contributed by atoms with Gasteiger partial charge in [-0.05, 0) is 35.9 Å². The Hall–Kier alpha value is -1.18. The van der Waals surface area contributed by atoms with Gasteiger partial charge in [-0.1, -0.05) is 28.1 Å². The van der Waals surface area contributed by atoms with Crippen LogP contribution in [0.1, 0.15) is 21.5 Å². The number of carboxylic acid groups (broad SMARTS) is 1. The van der Waals surface area contributed by atoms with E-state index in [1.165, 1.54) is 0 Å². The maximum absolute atomic E-state index is 12.4. The summed E-state index contributed by atoms with van der Waals surface area (Å²) in [5, 5.41) is 8.82. The van der Waals surface area contributed by atoms with Crippen molar-refractivity contribution >= 4 is 62.9 Å². The zero-order chi connectivity index (χ0) is 14.7. The first-order chi connectivity index (χ1) is 9.49. The van der Waals surface area contributed by atoms with Gasteiger partial charge in [-0.15, -0.1) is 0 Å². The Morgan fingerprint density at radius 2 is 1.68 bits per heavy atom. The third-order valence-electron chi connectivity index (χ3n) is 2.89. The largest absolute Gasteiger partial charge is 0.481 e. The van der Waals surface area contributed by atoms with Crippen molar-refractivity contribution in [3.05, 3.63) is 63.6 Å². The van der Waals surface area contributed by atoms with E-state index in [0.29, 0.717) is 16.7 Å². The summed E-state index contributed by atoms with van der Waals surface area (Å²) in [6.07, 6.45) is -0.201. The molecule has 5 nitrogen and oxygen atoms in total. The number of halogens is 1. The number of rotatable bonds is 4. The van der Waals surface area contributed by atoms with Gasteiger partial charge in [0.25, 0.3) is 0 Å². The molecule has 0 saturated heterocycles. The fraction of sp³-hybridized carbons (Fsp3) is 0.0667. The molecule has 2 rings (SSSR count). The van der Waals surface area contributed by atoms with E-state index in [1.54, 1.807) is 42.5 Å². The van der Waals surface area contributed by atoms with Crippen LogP contribution in [-0.2, 0) is 11.2 Å². The Labute approximate surface area is 158 Å². The molecule has 0 aromatic heterocycles. The number of benzene rings is 2. The summed E-state index contributed by atoms with van der Waals surface area (Å²) in [4.78, 5) is 23.1. The molecular weight excluding hydrogens is 361 g/mol. The predicted molar refractivity (Wildman–Crippen MR) is 89.1 cm³/mol. The zero-order valence-electron chi connectivity index (χ0n) is 12.0. The maximum atomic E-state index is 12.4. The molecule has 111 valence electrons. The van der Waals surface area contributed by atoms with Crippen LogP contribution in [0.3, 0.4) is 0 Å². The van der Waals surface area contributed by atoms with Crippen molar-refractivity contribution in [3.63, 3.8) is 0 Å². The number of nitrogens with two attached hydrogens (primary N) is 1. The summed E-state index contributed by atoms with van der Waals surface area (Å²) < 4.78 is 0.877. The number of anilines is 1. The van der Waals surface area contributed by atoms with E-state index in [4.69, 9.17) is 10.8 Å². The molecule has 0 fully saturated rings. The first-order valence-electron chi connectivity index (χ1n) is 5.88. The minimum atomic E-state index is -0.982. The first kappa shape index (κ1) is 20.8. The van der Waals surface area contributed by atoms with E-state index in [2.05, 4.69) is 15.9 Å². The molecule has 0 saturated carbocycles. The number of hydrogen-bond acceptors (Lipinski definition) is 3. The van der Waals surface area contributed by atoms with Crippen molar-refractivity contribution < 1.29 is 20.2 Å². The van der Waals surface area contributed by atoms with Crippen molar-refractivity contribution in [1.29, 1.82) is 0 Å². The normalized spacial score (nSPS) is 9.32. The molecule has 5 N–H and O–H groups in total. The Bertz CT molecular complexity index is 674. The fourth-order valence-electron chi connectivity index (χ4n) is 1.88. The molecule has 22 heavy (non-hydrogen) atoms. The van der Waals surface area contributed by atoms with E-state index in [9.17, 15) is 9.59 Å². The number of nitrogen functional groups attached to an aromatic ring is 1. The Kier molecular flexibility index (Phi) is 8.58. The Morgan fingerprint density at radius 1 is 1.09 bits per heavy atom. The third kappa shape index (κ3) is 4.93. The van der Waals surface area contributed by atoms with Gasteiger partial charge in [-0.25, -0.2) is 0 Å². The van der Waals surface area contributed by atoms with Crippen molar-refractivity contribution in [3.8, 4) is 0 Å². The van der Waals surface area contributed by atoms with E-state index in [0.717, 1.165) is 4.47 Å². The summed E-state index contributed by atoms with van der Waals surface area (Å²) >= 11 is 3.30. The van der Waals surface area contributed by atoms with Crippen LogP contribution in [-0.4, -0.2) is 51.9 Å². The minimum Gasteiger partial charge on any atom is -0.481 e. The number of para-hydroxylation sites is 1. The quantitative estimate of drug-likeness (QED) is 0.481. The van der Waals surface area contributed by atoms with Crippen LogP contribution >= 0.6 is 15.9 Å². The summed E-state index contributed by atoms with van der Waals surface area (Å²) in [5.74, 6) is -1.20. The van der Waals surface area contributed by atoms with Crippen molar-refractivity contribution in [2.24, 2.45) is 0 Å². The minimum absolute atomic E-state index is 0. The van der Waals surface area contributed by atoms with Crippen LogP contribution in [0, 0.1) is 0 Å². The number of carbonyl (C=O) groups is 2. The Balaban J connectivity index is 0.00000220. The van der Waals surface area contributed by atoms with Crippen LogP contribution in [0.25, 0.3) is 0 Å². The number of ketones is 1. The van der Waals surface area contributed by atoms with Crippen molar-refractivity contribution in [2.45, 2.75) is 6.42 Å². The summed E-state index contributed by atoms with van der Waals surface area (Å²) in [6, 6.07) is 11.8. The van der Waals surface area contributed by atoms with Gasteiger partial charge in [0, 0.05) is 50.8 Å². The molecule has 0 aliphatic heterocycles. The molecule has 0 heterocycles. The average molecular weight is 375 g/mol. The van der Waals surface area contributed by atoms with Crippen molar-refractivity contribution in [1.82, 2.24) is 0 Å². The first-order valence-corrected chi connectivity index (χ1v) is 6.68. The zero-order valence-corrected chi connectivity index (χ0v) is 15.6. The van der Waals surface area contributed by atoms with Gasteiger partial charge in [0.05, 0.1) is 6.42 Å². The third-order valence-corrected chi connectivity index (χ3v) is 3.42. The van der Waals surface area contributed by atoms with Crippen LogP contribution in [0.2, 0.25) is 0 Å². The average Bonchev–Trinajstić information content (AvgIpc) is 2.41. The molecule has 1 radical (unpaired) electrons. The van der Waals surface area contributed by atoms with Gasteiger partial charge >= 0.3 is 5.97 Å². The number of carboxylic acids is 1. The Morgan fingerprint density at radius 3 is 2.23 bits per heavy atom. The van der Waals surface area contributed by atoms with Crippen LogP contribution in [0.5, 0.6) is 0 Å². The molecule has 0 bridgehead atoms. The van der Waals surface area contributed by atoms with Crippen LogP contribution in [0.4, 0.5) is 5.69 Å². The van der Waals surface area contributed by atoms with Crippen molar-refractivity contribution in [2.75, 3.05) is 5.73 Å². The number of hydrogen-bond donors (Lipinski definition) is 2. The van der Waals surface area contributed by atoms with E-state index < -0.39 is 5.97 Å². The SMILES string of the molecule is Nc1c(CC(=O)O)cccc1C(=O)c1ccc(Br)cc1.O.[Na]. The molecule has 2 aromatic carbocycles. The van der Waals surface area contributed by atoms with E-state index >= 15 is 0 Å². The van der Waals surface area contributed by atoms with E-state index in [-0.39, 0.29) is 52.9 Å². The van der Waals surface area contributed by atoms with Gasteiger partial charge in [0.1, 0.15) is 0 Å². The maximum Gasteiger partial charge on any atom is 0.307 e. The van der Waals surface area contributed by atoms with Gasteiger partial charge < -0.3 is 16.3 Å². The van der Waals surface area contributed by atoms with Gasteiger partial charge in [-0.2, -0.15) is 0 Å². The molecule has 2 aromatic rings. The topological polar surface area (TPSA) is 112 Å². The molecule has 0 amide bonds. The molecular formula is C15H14BrNNaO4. The van der Waals surface area contributed by atoms with Gasteiger partial charge in [0.15, 0.2) is 5.78 Å². The van der Waals surface area contributed by atoms with Crippen LogP contribution in [0.15, 0.2) is 46.9 Å². The molecule has 0 atom stereocenters. The second kappa shape index (κ2) is 9.07. The summed E-state index contributed by atoms with van der Waals surface area (Å²) in [6.45, 7) is 0. The fourth-order valence-corrected chi connectivity index (χ4v) is 2.15. The molecule has 0 unspecified atom stereocenters. The molecule has 7 heteroatoms. The van der Waals surface area contributed by atoms with Gasteiger partial charge in [0.2, 0.25) is 0 Å². The van der Waals surface area contributed by atoms with E-state index in [1.807, 2.05) is 0 Å². The monoisotopic (exact) mass is 374 g/mol. The second-order valence-corrected chi connectivity index (χ2v) is 5.20. The number of carbonyl (C=O) groups excluding carboxylic acids is 1. The summed E-state index contributed by atoms with van der Waals surface area (Å²) in [7, 11) is 0. The van der Waals surface area contributed by atoms with Gasteiger partial charge in [-0.3, -0.25) is 9.59 Å². The standard InChI is InChI=1S/C15H12BrNO3.Na.H2O/c16-11-6-4-9(5-7-11)15(20)12-3-1-2-10(14(12)17)8-13(18)19;;/h1-7H,8,17H2,(H,18,19);;1H2. The number of aliphatic carboxylic acids is 1. The molecule has 0 aliphatic carbocycles. The smallest absolute Gasteiger partial charge is 0.307 e. The molecule has 0 spiro atoms.